The maximum Gasteiger partial charge on any atom is 0.116 e. The number of allylic oxidation sites excluding steroid dienone is 3. The first-order valence-corrected chi connectivity index (χ1v) is 7.82. The van der Waals surface area contributed by atoms with E-state index in [1.165, 1.54) is 29.5 Å². The molecule has 3 unspecified atom stereocenters. The Balaban J connectivity index is 1.75. The summed E-state index contributed by atoms with van der Waals surface area (Å²) in [7, 11) is 0. The van der Waals surface area contributed by atoms with Crippen LogP contribution in [0.5, 0.6) is 5.75 Å². The van der Waals surface area contributed by atoms with E-state index in [2.05, 4.69) is 37.1 Å². The van der Waals surface area contributed by atoms with Gasteiger partial charge in [0.25, 0.3) is 0 Å². The van der Waals surface area contributed by atoms with Crippen molar-refractivity contribution in [3.05, 3.63) is 47.1 Å². The van der Waals surface area contributed by atoms with Crippen LogP contribution in [0.2, 0.25) is 0 Å². The molecule has 0 saturated heterocycles. The fourth-order valence-electron chi connectivity index (χ4n) is 4.88. The molecule has 3 aliphatic carbocycles. The summed E-state index contributed by atoms with van der Waals surface area (Å²) in [4.78, 5) is 0. The molecule has 0 radical (unpaired) electrons. The Labute approximate surface area is 126 Å². The van der Waals surface area contributed by atoms with Crippen LogP contribution in [0.1, 0.15) is 43.2 Å². The van der Waals surface area contributed by atoms with Gasteiger partial charge in [-0.3, -0.25) is 0 Å². The van der Waals surface area contributed by atoms with Crippen LogP contribution in [0.3, 0.4) is 0 Å². The zero-order valence-electron chi connectivity index (χ0n) is 12.3. The van der Waals surface area contributed by atoms with E-state index in [4.69, 9.17) is 6.42 Å². The van der Waals surface area contributed by atoms with Crippen molar-refractivity contribution in [2.75, 3.05) is 0 Å². The Morgan fingerprint density at radius 2 is 2.24 bits per heavy atom. The summed E-state index contributed by atoms with van der Waals surface area (Å²) in [6, 6.07) is 5.82. The largest absolute Gasteiger partial charge is 0.508 e. The lowest BCUT2D eigenvalue weighted by Gasteiger charge is -2.47. The molecule has 1 aromatic carbocycles. The van der Waals surface area contributed by atoms with E-state index in [1.54, 1.807) is 0 Å². The van der Waals surface area contributed by atoms with Gasteiger partial charge in [0.1, 0.15) is 5.75 Å². The molecule has 4 rings (SSSR count). The molecule has 0 aliphatic heterocycles. The molecule has 106 valence electrons. The van der Waals surface area contributed by atoms with E-state index in [1.807, 2.05) is 12.1 Å². The van der Waals surface area contributed by atoms with Crippen LogP contribution in [0.4, 0.5) is 0 Å². The highest BCUT2D eigenvalue weighted by Crippen LogP contribution is 2.60. The second-order valence-corrected chi connectivity index (χ2v) is 6.92. The van der Waals surface area contributed by atoms with E-state index in [9.17, 15) is 5.11 Å². The third kappa shape index (κ3) is 1.65. The second-order valence-electron chi connectivity index (χ2n) is 6.92. The molecule has 1 heteroatoms. The minimum Gasteiger partial charge on any atom is -0.508 e. The third-order valence-electron chi connectivity index (χ3n) is 6.04. The predicted octanol–water partition coefficient (Wildman–Crippen LogP) is 4.50. The van der Waals surface area contributed by atoms with Gasteiger partial charge in [0.2, 0.25) is 0 Å². The highest BCUT2D eigenvalue weighted by atomic mass is 16.3. The summed E-state index contributed by atoms with van der Waals surface area (Å²) in [6.45, 7) is 2.35. The van der Waals surface area contributed by atoms with E-state index in [-0.39, 0.29) is 5.41 Å². The summed E-state index contributed by atoms with van der Waals surface area (Å²) >= 11 is 0. The van der Waals surface area contributed by atoms with Crippen molar-refractivity contribution in [2.45, 2.75) is 32.1 Å². The lowest BCUT2D eigenvalue weighted by Crippen LogP contribution is -2.39. The van der Waals surface area contributed by atoms with E-state index < -0.39 is 0 Å². The van der Waals surface area contributed by atoms with Gasteiger partial charge in [-0.2, -0.15) is 0 Å². The maximum absolute atomic E-state index is 9.68. The average molecular weight is 276 g/mol. The molecule has 1 fully saturated rings. The van der Waals surface area contributed by atoms with Crippen LogP contribution in [0.25, 0.3) is 6.08 Å². The maximum atomic E-state index is 9.68. The van der Waals surface area contributed by atoms with Crippen LogP contribution >= 0.6 is 0 Å². The zero-order valence-corrected chi connectivity index (χ0v) is 12.3. The van der Waals surface area contributed by atoms with Gasteiger partial charge < -0.3 is 5.11 Å². The van der Waals surface area contributed by atoms with Crippen molar-refractivity contribution >= 4 is 6.08 Å². The number of phenolic OH excluding ortho intramolecular Hbond substituents is 1. The molecule has 0 heterocycles. The molecule has 1 aromatic rings. The van der Waals surface area contributed by atoms with Gasteiger partial charge in [0.05, 0.1) is 0 Å². The first-order valence-electron chi connectivity index (χ1n) is 7.82. The predicted molar refractivity (Wildman–Crippen MR) is 85.7 cm³/mol. The molecule has 21 heavy (non-hydrogen) atoms. The Morgan fingerprint density at radius 1 is 1.38 bits per heavy atom. The topological polar surface area (TPSA) is 20.2 Å². The number of phenols is 1. The van der Waals surface area contributed by atoms with Crippen molar-refractivity contribution in [1.29, 1.82) is 0 Å². The van der Waals surface area contributed by atoms with Crippen LogP contribution in [-0.4, -0.2) is 5.11 Å². The van der Waals surface area contributed by atoms with Crippen LogP contribution in [0.15, 0.2) is 35.9 Å². The third-order valence-corrected chi connectivity index (χ3v) is 6.04. The van der Waals surface area contributed by atoms with Crippen molar-refractivity contribution < 1.29 is 5.11 Å². The van der Waals surface area contributed by atoms with Crippen molar-refractivity contribution in [3.63, 3.8) is 0 Å². The average Bonchev–Trinajstić information content (AvgIpc) is 2.83. The van der Waals surface area contributed by atoms with Gasteiger partial charge in [-0.1, -0.05) is 37.1 Å². The minimum absolute atomic E-state index is 0.189. The Bertz CT molecular complexity index is 703. The number of benzene rings is 1. The van der Waals surface area contributed by atoms with Crippen LogP contribution in [-0.2, 0) is 0 Å². The van der Waals surface area contributed by atoms with E-state index in [0.717, 1.165) is 6.42 Å². The van der Waals surface area contributed by atoms with Gasteiger partial charge in [0.15, 0.2) is 0 Å². The lowest BCUT2D eigenvalue weighted by molar-refractivity contribution is 0.117. The van der Waals surface area contributed by atoms with Crippen molar-refractivity contribution in [1.82, 2.24) is 0 Å². The Morgan fingerprint density at radius 3 is 3.05 bits per heavy atom. The van der Waals surface area contributed by atoms with Gasteiger partial charge in [-0.05, 0) is 60.3 Å². The molecule has 0 aromatic heterocycles. The summed E-state index contributed by atoms with van der Waals surface area (Å²) < 4.78 is 0. The summed E-state index contributed by atoms with van der Waals surface area (Å²) in [6.07, 6.45) is 16.0. The first-order chi connectivity index (χ1) is 10.1. The number of hydrogen-bond donors (Lipinski definition) is 1. The first kappa shape index (κ1) is 12.8. The van der Waals surface area contributed by atoms with Gasteiger partial charge in [-0.25, -0.2) is 0 Å². The summed E-state index contributed by atoms with van der Waals surface area (Å²) in [5.74, 6) is 5.06. The molecular weight excluding hydrogens is 256 g/mol. The van der Waals surface area contributed by atoms with Gasteiger partial charge >= 0.3 is 0 Å². The zero-order chi connectivity index (χ0) is 14.6. The number of rotatable bonds is 0. The molecule has 1 nitrogen and oxygen atoms in total. The molecule has 1 saturated carbocycles. The highest BCUT2D eigenvalue weighted by molar-refractivity contribution is 5.61. The summed E-state index contributed by atoms with van der Waals surface area (Å²) in [5.41, 5.74) is 3.99. The SMILES string of the molecule is C#CC1=CCC2C3C=Cc4cc(O)ccc4C3CC[C@]12C. The molecule has 4 atom stereocenters. The standard InChI is InChI=1S/C20H20O/c1-3-14-5-9-19-18-7-4-13-12-15(21)6-8-16(13)17(18)10-11-20(14,19)2/h1,4-8,12,17-19,21H,9-11H2,2H3/t17?,18?,19?,20-/m1/s1. The quantitative estimate of drug-likeness (QED) is 0.692. The van der Waals surface area contributed by atoms with Crippen LogP contribution in [0, 0.1) is 29.6 Å². The van der Waals surface area contributed by atoms with E-state index in [0.29, 0.717) is 23.5 Å². The molecular formula is C20H20O. The number of fused-ring (bicyclic) bond motifs is 5. The van der Waals surface area contributed by atoms with E-state index >= 15 is 0 Å². The molecule has 1 N–H and O–H groups in total. The van der Waals surface area contributed by atoms with Crippen LogP contribution < -0.4 is 0 Å². The molecule has 0 spiro atoms. The highest BCUT2D eigenvalue weighted by Gasteiger charge is 2.50. The molecule has 0 amide bonds. The van der Waals surface area contributed by atoms with Crippen molar-refractivity contribution in [3.8, 4) is 18.1 Å². The van der Waals surface area contributed by atoms with Gasteiger partial charge in [-0.15, -0.1) is 6.42 Å². The second kappa shape index (κ2) is 4.28. The normalized spacial score (nSPS) is 36.2. The fourth-order valence-corrected chi connectivity index (χ4v) is 4.88. The Kier molecular flexibility index (Phi) is 2.60. The summed E-state index contributed by atoms with van der Waals surface area (Å²) in [5, 5.41) is 9.68. The van der Waals surface area contributed by atoms with Gasteiger partial charge in [0, 0.05) is 11.0 Å². The fraction of sp³-hybridized carbons (Fsp3) is 0.400. The lowest BCUT2D eigenvalue weighted by atomic mass is 9.56. The number of hydrogen-bond acceptors (Lipinski definition) is 1. The minimum atomic E-state index is 0.189. The smallest absolute Gasteiger partial charge is 0.116 e. The number of terminal acetylenes is 1. The molecule has 3 aliphatic rings. The monoisotopic (exact) mass is 276 g/mol. The van der Waals surface area contributed by atoms with Crippen molar-refractivity contribution in [2.24, 2.45) is 17.3 Å². The Hall–Kier alpha value is -1.94. The molecule has 0 bridgehead atoms. The number of aromatic hydroxyl groups is 1.